The van der Waals surface area contributed by atoms with E-state index in [0.29, 0.717) is 5.41 Å². The highest BCUT2D eigenvalue weighted by Crippen LogP contribution is 2.48. The molecule has 1 fully saturated rings. The molecule has 0 unspecified atom stereocenters. The normalized spacial score (nSPS) is 22.3. The van der Waals surface area contributed by atoms with Crippen molar-refractivity contribution in [1.82, 2.24) is 0 Å². The van der Waals surface area contributed by atoms with E-state index in [0.717, 1.165) is 18.8 Å². The summed E-state index contributed by atoms with van der Waals surface area (Å²) in [6.07, 6.45) is 6.59. The van der Waals surface area contributed by atoms with Crippen LogP contribution in [-0.2, 0) is 0 Å². The Hall–Kier alpha value is -0.0800. The molecule has 2 N–H and O–H groups in total. The highest BCUT2D eigenvalue weighted by atomic mass is 16.3. The quantitative estimate of drug-likeness (QED) is 0.776. The molecule has 2 nitrogen and oxygen atoms in total. The maximum atomic E-state index is 9.15. The molecule has 16 heavy (non-hydrogen) atoms. The summed E-state index contributed by atoms with van der Waals surface area (Å²) in [5, 5.41) is 18.3. The number of aliphatic hydroxyl groups is 2. The van der Waals surface area contributed by atoms with Crippen LogP contribution in [0.3, 0.4) is 0 Å². The molecule has 0 saturated heterocycles. The van der Waals surface area contributed by atoms with E-state index < -0.39 is 0 Å². The van der Waals surface area contributed by atoms with Crippen molar-refractivity contribution in [3.8, 4) is 0 Å². The Morgan fingerprint density at radius 3 is 1.75 bits per heavy atom. The molecule has 2 heteroatoms. The Kier molecular flexibility index (Phi) is 4.81. The van der Waals surface area contributed by atoms with Crippen molar-refractivity contribution >= 4 is 0 Å². The molecule has 0 aromatic heterocycles. The molecule has 0 bridgehead atoms. The van der Waals surface area contributed by atoms with Gasteiger partial charge in [0.1, 0.15) is 0 Å². The van der Waals surface area contributed by atoms with Crippen molar-refractivity contribution < 1.29 is 10.2 Å². The van der Waals surface area contributed by atoms with Gasteiger partial charge in [0.25, 0.3) is 0 Å². The fraction of sp³-hybridized carbons (Fsp3) is 1.00. The molecule has 0 aromatic carbocycles. The smallest absolute Gasteiger partial charge is 0.0436 e. The Bertz CT molecular complexity index is 189. The first kappa shape index (κ1) is 14.0. The van der Waals surface area contributed by atoms with Crippen LogP contribution in [0.5, 0.6) is 0 Å². The maximum absolute atomic E-state index is 9.15. The van der Waals surface area contributed by atoms with Crippen LogP contribution in [0.15, 0.2) is 0 Å². The zero-order valence-corrected chi connectivity index (χ0v) is 11.1. The SMILES string of the molecule is CC(C)(C)C1CCC(CCO)(CCO)CC1. The summed E-state index contributed by atoms with van der Waals surface area (Å²) in [6.45, 7) is 7.49. The van der Waals surface area contributed by atoms with E-state index in [2.05, 4.69) is 20.8 Å². The van der Waals surface area contributed by atoms with Gasteiger partial charge in [-0.2, -0.15) is 0 Å². The second-order valence-corrected chi connectivity index (χ2v) is 6.59. The fourth-order valence-electron chi connectivity index (χ4n) is 3.20. The summed E-state index contributed by atoms with van der Waals surface area (Å²) in [5.41, 5.74) is 0.635. The average molecular weight is 228 g/mol. The third kappa shape index (κ3) is 3.46. The summed E-state index contributed by atoms with van der Waals surface area (Å²) >= 11 is 0. The third-order valence-electron chi connectivity index (χ3n) is 4.56. The molecule has 0 atom stereocenters. The van der Waals surface area contributed by atoms with Gasteiger partial charge >= 0.3 is 0 Å². The van der Waals surface area contributed by atoms with Crippen LogP contribution in [0.1, 0.15) is 59.3 Å². The van der Waals surface area contributed by atoms with Crippen LogP contribution >= 0.6 is 0 Å². The van der Waals surface area contributed by atoms with Gasteiger partial charge in [-0.25, -0.2) is 0 Å². The van der Waals surface area contributed by atoms with Crippen LogP contribution in [0, 0.1) is 16.7 Å². The lowest BCUT2D eigenvalue weighted by Crippen LogP contribution is -2.34. The van der Waals surface area contributed by atoms with E-state index in [1.807, 2.05) is 0 Å². The fourth-order valence-corrected chi connectivity index (χ4v) is 3.20. The standard InChI is InChI=1S/C14H28O2/c1-13(2,3)12-4-6-14(7-5-12,8-10-15)9-11-16/h12,15-16H,4-11H2,1-3H3. The van der Waals surface area contributed by atoms with Gasteiger partial charge in [0.05, 0.1) is 0 Å². The largest absolute Gasteiger partial charge is 0.396 e. The van der Waals surface area contributed by atoms with E-state index in [9.17, 15) is 0 Å². The van der Waals surface area contributed by atoms with Gasteiger partial charge in [-0.3, -0.25) is 0 Å². The highest BCUT2D eigenvalue weighted by molar-refractivity contribution is 4.88. The first-order chi connectivity index (χ1) is 7.43. The van der Waals surface area contributed by atoms with Crippen LogP contribution in [0.2, 0.25) is 0 Å². The number of aliphatic hydroxyl groups excluding tert-OH is 2. The molecule has 1 aliphatic rings. The van der Waals surface area contributed by atoms with E-state index in [4.69, 9.17) is 10.2 Å². The van der Waals surface area contributed by atoms with Gasteiger partial charge in [0.2, 0.25) is 0 Å². The van der Waals surface area contributed by atoms with Crippen LogP contribution in [-0.4, -0.2) is 23.4 Å². The molecule has 0 amide bonds. The third-order valence-corrected chi connectivity index (χ3v) is 4.56. The monoisotopic (exact) mass is 228 g/mol. The van der Waals surface area contributed by atoms with Gasteiger partial charge in [0.15, 0.2) is 0 Å². The van der Waals surface area contributed by atoms with E-state index in [1.54, 1.807) is 0 Å². The summed E-state index contributed by atoms with van der Waals surface area (Å²) in [4.78, 5) is 0. The first-order valence-electron chi connectivity index (χ1n) is 6.65. The zero-order valence-electron chi connectivity index (χ0n) is 11.1. The Balaban J connectivity index is 2.55. The second-order valence-electron chi connectivity index (χ2n) is 6.59. The summed E-state index contributed by atoms with van der Waals surface area (Å²) < 4.78 is 0. The lowest BCUT2D eigenvalue weighted by atomic mass is 9.62. The van der Waals surface area contributed by atoms with Crippen LogP contribution < -0.4 is 0 Å². The van der Waals surface area contributed by atoms with Crippen molar-refractivity contribution in [2.45, 2.75) is 59.3 Å². The van der Waals surface area contributed by atoms with Gasteiger partial charge in [-0.15, -0.1) is 0 Å². The number of hydrogen-bond acceptors (Lipinski definition) is 2. The van der Waals surface area contributed by atoms with Crippen molar-refractivity contribution in [2.24, 2.45) is 16.7 Å². The van der Waals surface area contributed by atoms with Crippen molar-refractivity contribution in [1.29, 1.82) is 0 Å². The highest BCUT2D eigenvalue weighted by Gasteiger charge is 2.37. The van der Waals surface area contributed by atoms with Crippen molar-refractivity contribution in [3.05, 3.63) is 0 Å². The van der Waals surface area contributed by atoms with Gasteiger partial charge < -0.3 is 10.2 Å². The molecule has 0 spiro atoms. The van der Waals surface area contributed by atoms with Crippen LogP contribution in [0.25, 0.3) is 0 Å². The molecular formula is C14H28O2. The molecule has 1 aliphatic carbocycles. The summed E-state index contributed by atoms with van der Waals surface area (Å²) in [7, 11) is 0. The molecule has 96 valence electrons. The zero-order chi connectivity index (χ0) is 12.2. The Morgan fingerprint density at radius 2 is 1.44 bits per heavy atom. The lowest BCUT2D eigenvalue weighted by molar-refractivity contribution is 0.0448. The molecule has 0 aromatic rings. The number of hydrogen-bond donors (Lipinski definition) is 2. The predicted octanol–water partition coefficient (Wildman–Crippen LogP) is 2.97. The summed E-state index contributed by atoms with van der Waals surface area (Å²) in [6, 6.07) is 0. The maximum Gasteiger partial charge on any atom is 0.0436 e. The minimum absolute atomic E-state index is 0.227. The molecule has 0 aliphatic heterocycles. The van der Waals surface area contributed by atoms with Crippen LogP contribution in [0.4, 0.5) is 0 Å². The average Bonchev–Trinajstić information content (AvgIpc) is 2.17. The molecule has 1 rings (SSSR count). The molecule has 0 radical (unpaired) electrons. The van der Waals surface area contributed by atoms with E-state index >= 15 is 0 Å². The number of rotatable bonds is 4. The minimum Gasteiger partial charge on any atom is -0.396 e. The van der Waals surface area contributed by atoms with E-state index in [-0.39, 0.29) is 18.6 Å². The predicted molar refractivity (Wildman–Crippen MR) is 67.3 cm³/mol. The van der Waals surface area contributed by atoms with Gasteiger partial charge in [-0.05, 0) is 55.3 Å². The Morgan fingerprint density at radius 1 is 1.00 bits per heavy atom. The second kappa shape index (κ2) is 5.50. The van der Waals surface area contributed by atoms with Crippen molar-refractivity contribution in [2.75, 3.05) is 13.2 Å². The molecule has 0 heterocycles. The molecule has 1 saturated carbocycles. The van der Waals surface area contributed by atoms with Crippen molar-refractivity contribution in [3.63, 3.8) is 0 Å². The lowest BCUT2D eigenvalue weighted by Gasteiger charge is -2.44. The first-order valence-corrected chi connectivity index (χ1v) is 6.65. The van der Waals surface area contributed by atoms with Gasteiger partial charge in [0, 0.05) is 13.2 Å². The van der Waals surface area contributed by atoms with E-state index in [1.165, 1.54) is 25.7 Å². The Labute approximate surface area is 100 Å². The summed E-state index contributed by atoms with van der Waals surface area (Å²) in [5.74, 6) is 0.804. The van der Waals surface area contributed by atoms with Gasteiger partial charge in [-0.1, -0.05) is 20.8 Å². The topological polar surface area (TPSA) is 40.5 Å². The minimum atomic E-state index is 0.227. The molecular weight excluding hydrogens is 200 g/mol.